The third-order valence-corrected chi connectivity index (χ3v) is 4.72. The summed E-state index contributed by atoms with van der Waals surface area (Å²) in [6.07, 6.45) is 0.449. The number of aromatic hydroxyl groups is 1. The highest BCUT2D eigenvalue weighted by Crippen LogP contribution is 2.21. The number of nitrogens with zero attached hydrogens (tertiary/aromatic N) is 2. The second kappa shape index (κ2) is 8.23. The number of halogens is 1. The summed E-state index contributed by atoms with van der Waals surface area (Å²) in [4.78, 5) is 16.7. The van der Waals surface area contributed by atoms with E-state index in [1.807, 2.05) is 24.3 Å². The van der Waals surface area contributed by atoms with Gasteiger partial charge in [-0.2, -0.15) is 0 Å². The standard InChI is InChI=1S/C19H22ClN3O2/c20-17-3-1-2-4-18(17)21-19(25)9-10-22-11-13-23(14-12-22)15-5-7-16(24)8-6-15/h1-8,24H,9-14H2,(H,21,25). The van der Waals surface area contributed by atoms with E-state index in [1.54, 1.807) is 24.3 Å². The van der Waals surface area contributed by atoms with Gasteiger partial charge in [0.2, 0.25) is 5.91 Å². The van der Waals surface area contributed by atoms with Crippen molar-refractivity contribution in [2.75, 3.05) is 42.9 Å². The second-order valence-electron chi connectivity index (χ2n) is 6.12. The first-order valence-electron chi connectivity index (χ1n) is 8.42. The Balaban J connectivity index is 1.42. The van der Waals surface area contributed by atoms with Gasteiger partial charge in [-0.3, -0.25) is 9.69 Å². The number of amides is 1. The van der Waals surface area contributed by atoms with Crippen molar-refractivity contribution in [3.05, 3.63) is 53.6 Å². The SMILES string of the molecule is O=C(CCN1CCN(c2ccc(O)cc2)CC1)Nc1ccccc1Cl. The van der Waals surface area contributed by atoms with Crippen LogP contribution < -0.4 is 10.2 Å². The molecule has 132 valence electrons. The van der Waals surface area contributed by atoms with Crippen LogP contribution in [-0.4, -0.2) is 48.6 Å². The molecule has 1 saturated heterocycles. The second-order valence-corrected chi connectivity index (χ2v) is 6.53. The summed E-state index contributed by atoms with van der Waals surface area (Å²) in [5.74, 6) is 0.265. The quantitative estimate of drug-likeness (QED) is 0.860. The number of piperazine rings is 1. The molecule has 2 N–H and O–H groups in total. The summed E-state index contributed by atoms with van der Waals surface area (Å²) >= 11 is 6.05. The lowest BCUT2D eigenvalue weighted by Crippen LogP contribution is -2.47. The van der Waals surface area contributed by atoms with E-state index in [0.717, 1.165) is 38.4 Å². The molecule has 1 heterocycles. The van der Waals surface area contributed by atoms with Gasteiger partial charge in [-0.25, -0.2) is 0 Å². The molecule has 0 aromatic heterocycles. The Morgan fingerprint density at radius 3 is 2.40 bits per heavy atom. The zero-order valence-electron chi connectivity index (χ0n) is 14.0. The van der Waals surface area contributed by atoms with Gasteiger partial charge in [0.25, 0.3) is 0 Å². The number of hydrogen-bond acceptors (Lipinski definition) is 4. The molecule has 1 fully saturated rings. The number of carbonyl (C=O) groups is 1. The summed E-state index contributed by atoms with van der Waals surface area (Å²) in [6.45, 7) is 4.40. The van der Waals surface area contributed by atoms with Gasteiger partial charge in [0.15, 0.2) is 0 Å². The maximum Gasteiger partial charge on any atom is 0.225 e. The maximum absolute atomic E-state index is 12.1. The lowest BCUT2D eigenvalue weighted by molar-refractivity contribution is -0.116. The molecule has 0 unspecified atom stereocenters. The van der Waals surface area contributed by atoms with Gasteiger partial charge in [-0.1, -0.05) is 23.7 Å². The highest BCUT2D eigenvalue weighted by molar-refractivity contribution is 6.33. The van der Waals surface area contributed by atoms with Crippen molar-refractivity contribution in [2.45, 2.75) is 6.42 Å². The van der Waals surface area contributed by atoms with E-state index in [-0.39, 0.29) is 11.7 Å². The fourth-order valence-corrected chi connectivity index (χ4v) is 3.11. The summed E-state index contributed by atoms with van der Waals surface area (Å²) in [5.41, 5.74) is 1.78. The number of anilines is 2. The van der Waals surface area contributed by atoms with Gasteiger partial charge < -0.3 is 15.3 Å². The van der Waals surface area contributed by atoms with Gasteiger partial charge in [0, 0.05) is 44.8 Å². The van der Waals surface area contributed by atoms with E-state index in [9.17, 15) is 9.90 Å². The lowest BCUT2D eigenvalue weighted by atomic mass is 10.2. The topological polar surface area (TPSA) is 55.8 Å². The molecule has 0 saturated carbocycles. The largest absolute Gasteiger partial charge is 0.508 e. The third kappa shape index (κ3) is 4.87. The minimum absolute atomic E-state index is 0.0194. The number of benzene rings is 2. The van der Waals surface area contributed by atoms with E-state index >= 15 is 0 Å². The zero-order chi connectivity index (χ0) is 17.6. The van der Waals surface area contributed by atoms with Crippen LogP contribution in [0.15, 0.2) is 48.5 Å². The highest BCUT2D eigenvalue weighted by atomic mass is 35.5. The van der Waals surface area contributed by atoms with Crippen LogP contribution in [0, 0.1) is 0 Å². The van der Waals surface area contributed by atoms with E-state index in [2.05, 4.69) is 15.1 Å². The molecule has 0 spiro atoms. The molecule has 2 aromatic rings. The first-order valence-corrected chi connectivity index (χ1v) is 8.80. The first kappa shape index (κ1) is 17.6. The number of hydrogen-bond donors (Lipinski definition) is 2. The average molecular weight is 360 g/mol. The summed E-state index contributed by atoms with van der Waals surface area (Å²) in [7, 11) is 0. The van der Waals surface area contributed by atoms with Crippen LogP contribution >= 0.6 is 11.6 Å². The molecule has 2 aromatic carbocycles. The normalized spacial score (nSPS) is 15.2. The molecular formula is C19H22ClN3O2. The Kier molecular flexibility index (Phi) is 5.79. The Hall–Kier alpha value is -2.24. The molecule has 0 radical (unpaired) electrons. The minimum Gasteiger partial charge on any atom is -0.508 e. The van der Waals surface area contributed by atoms with Gasteiger partial charge >= 0.3 is 0 Å². The molecule has 1 amide bonds. The smallest absolute Gasteiger partial charge is 0.225 e. The lowest BCUT2D eigenvalue weighted by Gasteiger charge is -2.36. The van der Waals surface area contributed by atoms with Gasteiger partial charge in [-0.15, -0.1) is 0 Å². The Labute approximate surface area is 152 Å². The van der Waals surface area contributed by atoms with Crippen LogP contribution in [0.2, 0.25) is 5.02 Å². The molecular weight excluding hydrogens is 338 g/mol. The van der Waals surface area contributed by atoms with Crippen molar-refractivity contribution in [1.82, 2.24) is 4.90 Å². The number of phenolic OH excluding ortho intramolecular Hbond substituents is 1. The van der Waals surface area contributed by atoms with Crippen LogP contribution in [0.3, 0.4) is 0 Å². The molecule has 6 heteroatoms. The molecule has 0 bridgehead atoms. The monoisotopic (exact) mass is 359 g/mol. The molecule has 3 rings (SSSR count). The molecule has 0 aliphatic carbocycles. The van der Waals surface area contributed by atoms with E-state index < -0.39 is 0 Å². The Morgan fingerprint density at radius 1 is 1.04 bits per heavy atom. The van der Waals surface area contributed by atoms with Crippen molar-refractivity contribution in [1.29, 1.82) is 0 Å². The molecule has 25 heavy (non-hydrogen) atoms. The van der Waals surface area contributed by atoms with Crippen LogP contribution in [0.1, 0.15) is 6.42 Å². The van der Waals surface area contributed by atoms with Crippen molar-refractivity contribution in [3.63, 3.8) is 0 Å². The molecule has 0 atom stereocenters. The fourth-order valence-electron chi connectivity index (χ4n) is 2.93. The van der Waals surface area contributed by atoms with Crippen molar-refractivity contribution in [3.8, 4) is 5.75 Å². The van der Waals surface area contributed by atoms with Crippen LogP contribution in [-0.2, 0) is 4.79 Å². The zero-order valence-corrected chi connectivity index (χ0v) is 14.7. The van der Waals surface area contributed by atoms with Crippen molar-refractivity contribution >= 4 is 28.9 Å². The predicted octanol–water partition coefficient (Wildman–Crippen LogP) is 3.20. The number of rotatable bonds is 5. The Bertz CT molecular complexity index is 713. The van der Waals surface area contributed by atoms with E-state index in [0.29, 0.717) is 17.1 Å². The summed E-state index contributed by atoms with van der Waals surface area (Å²) in [6, 6.07) is 14.5. The van der Waals surface area contributed by atoms with Crippen LogP contribution in [0.25, 0.3) is 0 Å². The first-order chi connectivity index (χ1) is 12.1. The van der Waals surface area contributed by atoms with Gasteiger partial charge in [0.1, 0.15) is 5.75 Å². The third-order valence-electron chi connectivity index (χ3n) is 4.39. The van der Waals surface area contributed by atoms with Crippen molar-refractivity contribution < 1.29 is 9.90 Å². The number of phenols is 1. The predicted molar refractivity (Wildman–Crippen MR) is 101 cm³/mol. The highest BCUT2D eigenvalue weighted by Gasteiger charge is 2.18. The van der Waals surface area contributed by atoms with Gasteiger partial charge in [-0.05, 0) is 36.4 Å². The van der Waals surface area contributed by atoms with Crippen LogP contribution in [0.4, 0.5) is 11.4 Å². The number of carbonyl (C=O) groups excluding carboxylic acids is 1. The van der Waals surface area contributed by atoms with Crippen molar-refractivity contribution in [2.24, 2.45) is 0 Å². The van der Waals surface area contributed by atoms with Crippen LogP contribution in [0.5, 0.6) is 5.75 Å². The van der Waals surface area contributed by atoms with E-state index in [1.165, 1.54) is 0 Å². The maximum atomic E-state index is 12.1. The van der Waals surface area contributed by atoms with Gasteiger partial charge in [0.05, 0.1) is 10.7 Å². The number of para-hydroxylation sites is 1. The molecule has 1 aliphatic heterocycles. The minimum atomic E-state index is -0.0194. The molecule has 1 aliphatic rings. The Morgan fingerprint density at radius 2 is 1.72 bits per heavy atom. The number of nitrogens with one attached hydrogen (secondary N) is 1. The summed E-state index contributed by atoms with van der Waals surface area (Å²) in [5, 5.41) is 12.8. The summed E-state index contributed by atoms with van der Waals surface area (Å²) < 4.78 is 0. The van der Waals surface area contributed by atoms with E-state index in [4.69, 9.17) is 11.6 Å². The molecule has 5 nitrogen and oxygen atoms in total. The average Bonchev–Trinajstić information content (AvgIpc) is 2.63. The fraction of sp³-hybridized carbons (Fsp3) is 0.316.